The second kappa shape index (κ2) is 3.14. The van der Waals surface area contributed by atoms with Crippen molar-refractivity contribution in [3.8, 4) is 0 Å². The highest BCUT2D eigenvalue weighted by atomic mass is 79.9. The molecule has 0 aromatic heterocycles. The van der Waals surface area contributed by atoms with E-state index >= 15 is 0 Å². The first-order valence-electron chi connectivity index (χ1n) is 4.23. The molecule has 0 unspecified atom stereocenters. The number of halogens is 1. The minimum atomic E-state index is -0.851. The second-order valence-electron chi connectivity index (χ2n) is 3.25. The fourth-order valence-corrected chi connectivity index (χ4v) is 2.48. The maximum atomic E-state index is 10.7. The Morgan fingerprint density at radius 3 is 2.85 bits per heavy atom. The molecule has 68 valence electrons. The minimum absolute atomic E-state index is 0.382. The summed E-state index contributed by atoms with van der Waals surface area (Å²) in [4.78, 5) is 10.7. The quantitative estimate of drug-likeness (QED) is 0.820. The molecule has 1 aliphatic rings. The number of carboxylic acid groups (broad SMARTS) is 1. The van der Waals surface area contributed by atoms with Gasteiger partial charge < -0.3 is 5.11 Å². The molecular formula is C10H9BrO2. The van der Waals surface area contributed by atoms with Crippen molar-refractivity contribution in [3.63, 3.8) is 0 Å². The first kappa shape index (κ1) is 8.75. The van der Waals surface area contributed by atoms with Crippen LogP contribution in [0, 0.1) is 0 Å². The van der Waals surface area contributed by atoms with Gasteiger partial charge in [-0.2, -0.15) is 0 Å². The first-order chi connectivity index (χ1) is 6.18. The monoisotopic (exact) mass is 240 g/mol. The third kappa shape index (κ3) is 1.48. The van der Waals surface area contributed by atoms with Crippen LogP contribution in [0.1, 0.15) is 27.9 Å². The third-order valence-corrected chi connectivity index (χ3v) is 3.12. The summed E-state index contributed by atoms with van der Waals surface area (Å²) in [6.45, 7) is 0. The molecule has 0 saturated carbocycles. The van der Waals surface area contributed by atoms with E-state index in [2.05, 4.69) is 15.9 Å². The fourth-order valence-electron chi connectivity index (χ4n) is 1.78. The highest BCUT2D eigenvalue weighted by Gasteiger charge is 2.16. The lowest BCUT2D eigenvalue weighted by atomic mass is 10.1. The van der Waals surface area contributed by atoms with E-state index in [0.717, 1.165) is 23.7 Å². The number of aromatic carboxylic acids is 1. The molecule has 2 nitrogen and oxygen atoms in total. The lowest BCUT2D eigenvalue weighted by Crippen LogP contribution is -1.98. The van der Waals surface area contributed by atoms with E-state index in [1.54, 1.807) is 12.1 Å². The zero-order valence-electron chi connectivity index (χ0n) is 7.01. The van der Waals surface area contributed by atoms with Crippen LogP contribution in [0.3, 0.4) is 0 Å². The number of carboxylic acids is 1. The van der Waals surface area contributed by atoms with Gasteiger partial charge in [-0.3, -0.25) is 0 Å². The van der Waals surface area contributed by atoms with Gasteiger partial charge in [-0.25, -0.2) is 4.79 Å². The van der Waals surface area contributed by atoms with Crippen molar-refractivity contribution >= 4 is 21.9 Å². The third-order valence-electron chi connectivity index (χ3n) is 2.41. The number of hydrogen-bond acceptors (Lipinski definition) is 1. The summed E-state index contributed by atoms with van der Waals surface area (Å²) < 4.78 is 0.944. The van der Waals surface area contributed by atoms with Crippen LogP contribution in [0.5, 0.6) is 0 Å². The maximum Gasteiger partial charge on any atom is 0.335 e. The molecule has 0 heterocycles. The van der Waals surface area contributed by atoms with Crippen LogP contribution in [0.2, 0.25) is 0 Å². The molecule has 0 spiro atoms. The zero-order chi connectivity index (χ0) is 9.42. The summed E-state index contributed by atoms with van der Waals surface area (Å²) in [5.41, 5.74) is 2.85. The van der Waals surface area contributed by atoms with Crippen LogP contribution < -0.4 is 0 Å². The summed E-state index contributed by atoms with van der Waals surface area (Å²) in [7, 11) is 0. The smallest absolute Gasteiger partial charge is 0.335 e. The molecule has 2 rings (SSSR count). The number of aryl methyl sites for hydroxylation is 1. The van der Waals surface area contributed by atoms with E-state index in [9.17, 15) is 4.79 Å². The van der Waals surface area contributed by atoms with Gasteiger partial charge in [0.1, 0.15) is 0 Å². The fraction of sp³-hybridized carbons (Fsp3) is 0.300. The lowest BCUT2D eigenvalue weighted by molar-refractivity contribution is 0.0696. The Morgan fingerprint density at radius 2 is 2.15 bits per heavy atom. The molecule has 0 atom stereocenters. The van der Waals surface area contributed by atoms with Crippen LogP contribution in [0.25, 0.3) is 0 Å². The van der Waals surface area contributed by atoms with Crippen molar-refractivity contribution in [3.05, 3.63) is 33.3 Å². The molecular weight excluding hydrogens is 232 g/mol. The molecule has 0 aliphatic heterocycles. The normalized spacial score (nSPS) is 14.2. The molecule has 1 aliphatic carbocycles. The van der Waals surface area contributed by atoms with Crippen LogP contribution in [-0.2, 0) is 12.8 Å². The summed E-state index contributed by atoms with van der Waals surface area (Å²) in [5, 5.41) is 8.82. The van der Waals surface area contributed by atoms with Gasteiger partial charge >= 0.3 is 5.97 Å². The number of rotatable bonds is 1. The van der Waals surface area contributed by atoms with Crippen LogP contribution >= 0.6 is 15.9 Å². The van der Waals surface area contributed by atoms with Crippen molar-refractivity contribution in [2.75, 3.05) is 0 Å². The Bertz CT molecular complexity index is 371. The molecule has 1 aromatic carbocycles. The Balaban J connectivity index is 2.55. The predicted octanol–water partition coefficient (Wildman–Crippen LogP) is 2.64. The van der Waals surface area contributed by atoms with Crippen molar-refractivity contribution in [2.45, 2.75) is 19.3 Å². The number of carbonyl (C=O) groups is 1. The average molecular weight is 241 g/mol. The first-order valence-corrected chi connectivity index (χ1v) is 5.02. The van der Waals surface area contributed by atoms with E-state index in [-0.39, 0.29) is 0 Å². The van der Waals surface area contributed by atoms with Crippen molar-refractivity contribution in [1.29, 1.82) is 0 Å². The van der Waals surface area contributed by atoms with Gasteiger partial charge in [0.15, 0.2) is 0 Å². The summed E-state index contributed by atoms with van der Waals surface area (Å²) >= 11 is 3.40. The molecule has 1 N–H and O–H groups in total. The topological polar surface area (TPSA) is 37.3 Å². The van der Waals surface area contributed by atoms with Crippen molar-refractivity contribution in [2.24, 2.45) is 0 Å². The lowest BCUT2D eigenvalue weighted by Gasteiger charge is -2.03. The van der Waals surface area contributed by atoms with E-state index < -0.39 is 5.97 Å². The molecule has 0 amide bonds. The van der Waals surface area contributed by atoms with Gasteiger partial charge in [0.2, 0.25) is 0 Å². The molecule has 0 fully saturated rings. The van der Waals surface area contributed by atoms with E-state index in [1.807, 2.05) is 0 Å². The highest BCUT2D eigenvalue weighted by molar-refractivity contribution is 9.10. The molecule has 3 heteroatoms. The number of hydrogen-bond donors (Lipinski definition) is 1. The summed E-state index contributed by atoms with van der Waals surface area (Å²) in [6.07, 6.45) is 3.21. The molecule has 13 heavy (non-hydrogen) atoms. The Hall–Kier alpha value is -0.830. The van der Waals surface area contributed by atoms with E-state index in [1.165, 1.54) is 11.1 Å². The predicted molar refractivity (Wildman–Crippen MR) is 53.1 cm³/mol. The van der Waals surface area contributed by atoms with Gasteiger partial charge in [-0.05, 0) is 42.5 Å². The molecule has 0 radical (unpaired) electrons. The molecule has 0 bridgehead atoms. The van der Waals surface area contributed by atoms with Gasteiger partial charge in [0.05, 0.1) is 5.56 Å². The minimum Gasteiger partial charge on any atom is -0.478 e. The van der Waals surface area contributed by atoms with Crippen LogP contribution in [-0.4, -0.2) is 11.1 Å². The SMILES string of the molecule is O=C(O)c1cc(Br)c2c(c1)CCC2. The Labute approximate surface area is 84.7 Å². The second-order valence-corrected chi connectivity index (χ2v) is 4.11. The number of benzene rings is 1. The van der Waals surface area contributed by atoms with Crippen LogP contribution in [0.15, 0.2) is 16.6 Å². The Kier molecular flexibility index (Phi) is 2.12. The van der Waals surface area contributed by atoms with Gasteiger partial charge in [0.25, 0.3) is 0 Å². The van der Waals surface area contributed by atoms with E-state index in [0.29, 0.717) is 5.56 Å². The van der Waals surface area contributed by atoms with Crippen molar-refractivity contribution < 1.29 is 9.90 Å². The van der Waals surface area contributed by atoms with Gasteiger partial charge in [0, 0.05) is 4.47 Å². The zero-order valence-corrected chi connectivity index (χ0v) is 8.60. The van der Waals surface area contributed by atoms with Crippen LogP contribution in [0.4, 0.5) is 0 Å². The summed E-state index contributed by atoms with van der Waals surface area (Å²) in [6, 6.07) is 3.47. The van der Waals surface area contributed by atoms with E-state index in [4.69, 9.17) is 5.11 Å². The largest absolute Gasteiger partial charge is 0.478 e. The molecule has 0 saturated heterocycles. The molecule has 1 aromatic rings. The average Bonchev–Trinajstić information content (AvgIpc) is 2.51. The van der Waals surface area contributed by atoms with Crippen molar-refractivity contribution in [1.82, 2.24) is 0 Å². The maximum absolute atomic E-state index is 10.7. The standard InChI is InChI=1S/C10H9BrO2/c11-9-5-7(10(12)13)4-6-2-1-3-8(6)9/h4-5H,1-3H2,(H,12,13). The highest BCUT2D eigenvalue weighted by Crippen LogP contribution is 2.30. The Morgan fingerprint density at radius 1 is 1.38 bits per heavy atom. The summed E-state index contributed by atoms with van der Waals surface area (Å²) in [5.74, 6) is -0.851. The van der Waals surface area contributed by atoms with Gasteiger partial charge in [-0.15, -0.1) is 0 Å². The van der Waals surface area contributed by atoms with Gasteiger partial charge in [-0.1, -0.05) is 15.9 Å². The number of fused-ring (bicyclic) bond motifs is 1.